The van der Waals surface area contributed by atoms with Crippen LogP contribution in [0, 0.1) is 5.92 Å². The molecule has 0 aromatic rings. The molecule has 1 atom stereocenters. The molecule has 98 valence electrons. The summed E-state index contributed by atoms with van der Waals surface area (Å²) in [5.74, 6) is 0.647. The second-order valence-electron chi connectivity index (χ2n) is 5.55. The summed E-state index contributed by atoms with van der Waals surface area (Å²) in [7, 11) is 0. The van der Waals surface area contributed by atoms with Gasteiger partial charge in [0.15, 0.2) is 0 Å². The minimum Gasteiger partial charge on any atom is -0.368 e. The average molecular weight is 239 g/mol. The SMILES string of the molecule is CCN(CC1CCC1)CC(NC1CC1)C(N)=O. The van der Waals surface area contributed by atoms with Gasteiger partial charge in [0.1, 0.15) is 0 Å². The Morgan fingerprint density at radius 1 is 1.41 bits per heavy atom. The number of nitrogens with two attached hydrogens (primary N) is 1. The second kappa shape index (κ2) is 5.83. The fourth-order valence-electron chi connectivity index (χ4n) is 2.39. The molecule has 0 saturated heterocycles. The highest BCUT2D eigenvalue weighted by molar-refractivity contribution is 5.80. The number of rotatable bonds is 8. The van der Waals surface area contributed by atoms with Crippen molar-refractivity contribution in [2.45, 2.75) is 51.1 Å². The zero-order valence-corrected chi connectivity index (χ0v) is 10.8. The molecule has 0 aromatic heterocycles. The van der Waals surface area contributed by atoms with Gasteiger partial charge in [0.25, 0.3) is 0 Å². The molecule has 2 rings (SSSR count). The van der Waals surface area contributed by atoms with E-state index < -0.39 is 0 Å². The van der Waals surface area contributed by atoms with Crippen molar-refractivity contribution in [3.63, 3.8) is 0 Å². The van der Waals surface area contributed by atoms with Crippen molar-refractivity contribution in [1.82, 2.24) is 10.2 Å². The zero-order chi connectivity index (χ0) is 12.3. The largest absolute Gasteiger partial charge is 0.368 e. The van der Waals surface area contributed by atoms with Crippen molar-refractivity contribution in [2.24, 2.45) is 11.7 Å². The van der Waals surface area contributed by atoms with Crippen molar-refractivity contribution in [3.05, 3.63) is 0 Å². The van der Waals surface area contributed by atoms with Gasteiger partial charge in [-0.3, -0.25) is 4.79 Å². The van der Waals surface area contributed by atoms with E-state index in [1.807, 2.05) is 0 Å². The number of hydrogen-bond acceptors (Lipinski definition) is 3. The van der Waals surface area contributed by atoms with E-state index in [4.69, 9.17) is 5.73 Å². The first-order valence-corrected chi connectivity index (χ1v) is 6.96. The number of likely N-dealkylation sites (N-methyl/N-ethyl adjacent to an activating group) is 1. The van der Waals surface area contributed by atoms with Gasteiger partial charge in [0.05, 0.1) is 6.04 Å². The van der Waals surface area contributed by atoms with Crippen LogP contribution in [0.5, 0.6) is 0 Å². The summed E-state index contributed by atoms with van der Waals surface area (Å²) >= 11 is 0. The van der Waals surface area contributed by atoms with Gasteiger partial charge in [-0.25, -0.2) is 0 Å². The molecular formula is C13H25N3O. The van der Waals surface area contributed by atoms with E-state index >= 15 is 0 Å². The third kappa shape index (κ3) is 3.96. The highest BCUT2D eigenvalue weighted by atomic mass is 16.1. The van der Waals surface area contributed by atoms with Crippen molar-refractivity contribution in [1.29, 1.82) is 0 Å². The number of carbonyl (C=O) groups excluding carboxylic acids is 1. The van der Waals surface area contributed by atoms with E-state index in [-0.39, 0.29) is 11.9 Å². The lowest BCUT2D eigenvalue weighted by atomic mass is 9.85. The van der Waals surface area contributed by atoms with E-state index in [0.29, 0.717) is 6.04 Å². The summed E-state index contributed by atoms with van der Waals surface area (Å²) in [6.45, 7) is 5.08. The summed E-state index contributed by atoms with van der Waals surface area (Å²) in [4.78, 5) is 13.8. The molecule has 0 radical (unpaired) electrons. The van der Waals surface area contributed by atoms with Crippen LogP contribution in [-0.4, -0.2) is 42.5 Å². The van der Waals surface area contributed by atoms with Crippen LogP contribution in [0.1, 0.15) is 39.0 Å². The molecule has 3 N–H and O–H groups in total. The first-order valence-electron chi connectivity index (χ1n) is 6.96. The van der Waals surface area contributed by atoms with Crippen LogP contribution >= 0.6 is 0 Å². The number of carbonyl (C=O) groups is 1. The van der Waals surface area contributed by atoms with E-state index in [2.05, 4.69) is 17.1 Å². The Bertz CT molecular complexity index is 261. The van der Waals surface area contributed by atoms with Gasteiger partial charge >= 0.3 is 0 Å². The highest BCUT2D eigenvalue weighted by Crippen LogP contribution is 2.27. The highest BCUT2D eigenvalue weighted by Gasteiger charge is 2.29. The van der Waals surface area contributed by atoms with Gasteiger partial charge in [-0.1, -0.05) is 13.3 Å². The lowest BCUT2D eigenvalue weighted by molar-refractivity contribution is -0.120. The fraction of sp³-hybridized carbons (Fsp3) is 0.923. The number of hydrogen-bond donors (Lipinski definition) is 2. The minimum atomic E-state index is -0.205. The van der Waals surface area contributed by atoms with Crippen LogP contribution < -0.4 is 11.1 Å². The maximum Gasteiger partial charge on any atom is 0.235 e. The standard InChI is InChI=1S/C13H25N3O/c1-2-16(8-10-4-3-5-10)9-12(13(14)17)15-11-6-7-11/h10-12,15H,2-9H2,1H3,(H2,14,17). The molecule has 0 bridgehead atoms. The Morgan fingerprint density at radius 2 is 2.12 bits per heavy atom. The third-order valence-corrected chi connectivity index (χ3v) is 3.99. The van der Waals surface area contributed by atoms with Gasteiger partial charge in [0, 0.05) is 19.1 Å². The van der Waals surface area contributed by atoms with Crippen molar-refractivity contribution in [2.75, 3.05) is 19.6 Å². The van der Waals surface area contributed by atoms with Crippen molar-refractivity contribution in [3.8, 4) is 0 Å². The Balaban J connectivity index is 1.77. The van der Waals surface area contributed by atoms with E-state index in [1.54, 1.807) is 0 Å². The molecule has 1 amide bonds. The number of nitrogens with zero attached hydrogens (tertiary/aromatic N) is 1. The predicted molar refractivity (Wildman–Crippen MR) is 68.6 cm³/mol. The summed E-state index contributed by atoms with van der Waals surface area (Å²) in [6, 6.07) is 0.373. The monoisotopic (exact) mass is 239 g/mol. The molecule has 1 unspecified atom stereocenters. The number of amides is 1. The summed E-state index contributed by atoms with van der Waals surface area (Å²) in [6.07, 6.45) is 6.47. The Kier molecular flexibility index (Phi) is 4.40. The summed E-state index contributed by atoms with van der Waals surface area (Å²) in [5, 5.41) is 3.35. The van der Waals surface area contributed by atoms with Gasteiger partial charge in [-0.05, 0) is 38.1 Å². The molecule has 4 nitrogen and oxygen atoms in total. The van der Waals surface area contributed by atoms with Crippen LogP contribution in [0.3, 0.4) is 0 Å². The van der Waals surface area contributed by atoms with Gasteiger partial charge < -0.3 is 16.0 Å². The van der Waals surface area contributed by atoms with Crippen molar-refractivity contribution < 1.29 is 4.79 Å². The summed E-state index contributed by atoms with van der Waals surface area (Å²) in [5.41, 5.74) is 5.46. The van der Waals surface area contributed by atoms with Crippen molar-refractivity contribution >= 4 is 5.91 Å². The van der Waals surface area contributed by atoms with E-state index in [1.165, 1.54) is 32.1 Å². The second-order valence-corrected chi connectivity index (χ2v) is 5.55. The number of primary amides is 1. The molecule has 0 heterocycles. The van der Waals surface area contributed by atoms with E-state index in [0.717, 1.165) is 25.6 Å². The Labute approximate surface area is 104 Å². The predicted octanol–water partition coefficient (Wildman–Crippen LogP) is 0.714. The molecule has 2 aliphatic rings. The Hall–Kier alpha value is -0.610. The molecule has 4 heteroatoms. The molecular weight excluding hydrogens is 214 g/mol. The molecule has 0 spiro atoms. The maximum absolute atomic E-state index is 11.4. The number of nitrogens with one attached hydrogen (secondary N) is 1. The molecule has 0 aliphatic heterocycles. The van der Waals surface area contributed by atoms with Crippen LogP contribution in [-0.2, 0) is 4.79 Å². The molecule has 17 heavy (non-hydrogen) atoms. The lowest BCUT2D eigenvalue weighted by Crippen LogP contribution is -2.51. The fourth-order valence-corrected chi connectivity index (χ4v) is 2.39. The van der Waals surface area contributed by atoms with Gasteiger partial charge in [0.2, 0.25) is 5.91 Å². The Morgan fingerprint density at radius 3 is 2.53 bits per heavy atom. The van der Waals surface area contributed by atoms with Crippen LogP contribution in [0.2, 0.25) is 0 Å². The lowest BCUT2D eigenvalue weighted by Gasteiger charge is -2.33. The normalized spacial score (nSPS) is 22.5. The minimum absolute atomic E-state index is 0.164. The zero-order valence-electron chi connectivity index (χ0n) is 10.8. The quantitative estimate of drug-likeness (QED) is 0.656. The molecule has 2 saturated carbocycles. The van der Waals surface area contributed by atoms with Crippen LogP contribution in [0.25, 0.3) is 0 Å². The van der Waals surface area contributed by atoms with E-state index in [9.17, 15) is 4.79 Å². The van der Waals surface area contributed by atoms with Crippen LogP contribution in [0.4, 0.5) is 0 Å². The third-order valence-electron chi connectivity index (χ3n) is 3.99. The maximum atomic E-state index is 11.4. The first-order chi connectivity index (χ1) is 8.19. The van der Waals surface area contributed by atoms with Crippen LogP contribution in [0.15, 0.2) is 0 Å². The smallest absolute Gasteiger partial charge is 0.235 e. The van der Waals surface area contributed by atoms with Gasteiger partial charge in [-0.15, -0.1) is 0 Å². The first kappa shape index (κ1) is 12.8. The summed E-state index contributed by atoms with van der Waals surface area (Å²) < 4.78 is 0. The topological polar surface area (TPSA) is 58.4 Å². The molecule has 0 aromatic carbocycles. The molecule has 2 fully saturated rings. The molecule has 2 aliphatic carbocycles. The average Bonchev–Trinajstić information content (AvgIpc) is 3.03. The van der Waals surface area contributed by atoms with Gasteiger partial charge in [-0.2, -0.15) is 0 Å².